The van der Waals surface area contributed by atoms with Gasteiger partial charge in [0.2, 0.25) is 5.91 Å². The molecule has 1 aliphatic carbocycles. The summed E-state index contributed by atoms with van der Waals surface area (Å²) >= 11 is 0. The van der Waals surface area contributed by atoms with E-state index in [4.69, 9.17) is 0 Å². The van der Waals surface area contributed by atoms with Crippen molar-refractivity contribution in [2.24, 2.45) is 11.8 Å². The molecular formula is C16H32N2O. The fourth-order valence-electron chi connectivity index (χ4n) is 2.87. The highest BCUT2D eigenvalue weighted by Crippen LogP contribution is 2.25. The molecule has 2 N–H and O–H groups in total. The average molecular weight is 268 g/mol. The van der Waals surface area contributed by atoms with E-state index < -0.39 is 0 Å². The molecule has 0 saturated heterocycles. The summed E-state index contributed by atoms with van der Waals surface area (Å²) in [6.07, 6.45) is 8.10. The summed E-state index contributed by atoms with van der Waals surface area (Å²) in [7, 11) is 0. The van der Waals surface area contributed by atoms with Gasteiger partial charge in [0.05, 0.1) is 6.04 Å². The zero-order valence-corrected chi connectivity index (χ0v) is 13.2. The summed E-state index contributed by atoms with van der Waals surface area (Å²) < 4.78 is 0. The Kier molecular flexibility index (Phi) is 7.44. The second kappa shape index (κ2) is 8.57. The van der Waals surface area contributed by atoms with Crippen LogP contribution in [0.3, 0.4) is 0 Å². The van der Waals surface area contributed by atoms with E-state index in [-0.39, 0.29) is 11.9 Å². The van der Waals surface area contributed by atoms with E-state index in [1.807, 2.05) is 6.92 Å². The van der Waals surface area contributed by atoms with Crippen molar-refractivity contribution in [1.82, 2.24) is 10.6 Å². The van der Waals surface area contributed by atoms with E-state index in [1.54, 1.807) is 0 Å². The maximum absolute atomic E-state index is 12.0. The maximum atomic E-state index is 12.0. The van der Waals surface area contributed by atoms with Gasteiger partial charge in [-0.15, -0.1) is 0 Å². The van der Waals surface area contributed by atoms with E-state index in [0.29, 0.717) is 12.0 Å². The first-order valence-electron chi connectivity index (χ1n) is 8.04. The molecule has 0 aromatic rings. The van der Waals surface area contributed by atoms with Crippen LogP contribution in [0.25, 0.3) is 0 Å². The van der Waals surface area contributed by atoms with E-state index >= 15 is 0 Å². The lowest BCUT2D eigenvalue weighted by molar-refractivity contribution is -0.123. The molecule has 3 nitrogen and oxygen atoms in total. The Morgan fingerprint density at radius 3 is 2.16 bits per heavy atom. The molecule has 19 heavy (non-hydrogen) atoms. The predicted octanol–water partition coefficient (Wildman–Crippen LogP) is 3.10. The van der Waals surface area contributed by atoms with Gasteiger partial charge in [0, 0.05) is 12.6 Å². The molecule has 1 saturated carbocycles. The normalized spacial score (nSPS) is 20.9. The van der Waals surface area contributed by atoms with Crippen molar-refractivity contribution in [3.05, 3.63) is 0 Å². The van der Waals surface area contributed by atoms with Gasteiger partial charge in [0.25, 0.3) is 0 Å². The Morgan fingerprint density at radius 2 is 1.63 bits per heavy atom. The predicted molar refractivity (Wildman–Crippen MR) is 81.1 cm³/mol. The number of hydrogen-bond acceptors (Lipinski definition) is 2. The quantitative estimate of drug-likeness (QED) is 0.727. The Labute approximate surface area is 118 Å². The summed E-state index contributed by atoms with van der Waals surface area (Å²) in [4.78, 5) is 12.0. The summed E-state index contributed by atoms with van der Waals surface area (Å²) in [5.74, 6) is 1.38. The van der Waals surface area contributed by atoms with E-state index in [2.05, 4.69) is 31.4 Å². The molecule has 1 aliphatic rings. The Bertz CT molecular complexity index is 257. The molecule has 0 radical (unpaired) electrons. The first-order valence-corrected chi connectivity index (χ1v) is 8.04. The van der Waals surface area contributed by atoms with Gasteiger partial charge in [-0.3, -0.25) is 4.79 Å². The monoisotopic (exact) mass is 268 g/mol. The van der Waals surface area contributed by atoms with Crippen LogP contribution < -0.4 is 10.6 Å². The molecule has 0 spiro atoms. The fraction of sp³-hybridized carbons (Fsp3) is 0.938. The van der Waals surface area contributed by atoms with Gasteiger partial charge in [-0.05, 0) is 38.5 Å². The summed E-state index contributed by atoms with van der Waals surface area (Å²) in [6, 6.07) is 0.356. The van der Waals surface area contributed by atoms with E-state index in [1.165, 1.54) is 38.5 Å². The standard InChI is InChI=1S/C16H32N2O/c1-12(2)11-17-16(19)14(4)18-13(3)15-9-7-5-6-8-10-15/h12-15,18H,5-11H2,1-4H3,(H,17,19)/t13-,14?/m1/s1. The third kappa shape index (κ3) is 6.42. The van der Waals surface area contributed by atoms with Crippen molar-refractivity contribution < 1.29 is 4.79 Å². The minimum absolute atomic E-state index is 0.0861. The third-order valence-corrected chi connectivity index (χ3v) is 4.20. The smallest absolute Gasteiger partial charge is 0.236 e. The van der Waals surface area contributed by atoms with Crippen LogP contribution in [0.15, 0.2) is 0 Å². The van der Waals surface area contributed by atoms with Gasteiger partial charge in [-0.1, -0.05) is 39.5 Å². The van der Waals surface area contributed by atoms with Gasteiger partial charge in [0.15, 0.2) is 0 Å². The van der Waals surface area contributed by atoms with Crippen molar-refractivity contribution in [2.45, 2.75) is 78.3 Å². The summed E-state index contributed by atoms with van der Waals surface area (Å²) in [5.41, 5.74) is 0. The van der Waals surface area contributed by atoms with Crippen molar-refractivity contribution in [2.75, 3.05) is 6.54 Å². The second-order valence-corrected chi connectivity index (χ2v) is 6.57. The lowest BCUT2D eigenvalue weighted by Crippen LogP contribution is -2.48. The van der Waals surface area contributed by atoms with Crippen LogP contribution in [-0.4, -0.2) is 24.5 Å². The second-order valence-electron chi connectivity index (χ2n) is 6.57. The summed E-state index contributed by atoms with van der Waals surface area (Å²) in [5, 5.41) is 6.49. The van der Waals surface area contributed by atoms with E-state index in [0.717, 1.165) is 12.5 Å². The lowest BCUT2D eigenvalue weighted by Gasteiger charge is -2.27. The van der Waals surface area contributed by atoms with Crippen molar-refractivity contribution in [1.29, 1.82) is 0 Å². The van der Waals surface area contributed by atoms with Gasteiger partial charge < -0.3 is 10.6 Å². The van der Waals surface area contributed by atoms with E-state index in [9.17, 15) is 4.79 Å². The zero-order chi connectivity index (χ0) is 14.3. The van der Waals surface area contributed by atoms with Gasteiger partial charge in [-0.2, -0.15) is 0 Å². The molecule has 0 aromatic heterocycles. The molecule has 0 heterocycles. The fourth-order valence-corrected chi connectivity index (χ4v) is 2.87. The Balaban J connectivity index is 2.33. The minimum atomic E-state index is -0.0861. The highest BCUT2D eigenvalue weighted by Gasteiger charge is 2.22. The number of rotatable bonds is 6. The molecule has 0 aromatic carbocycles. The maximum Gasteiger partial charge on any atom is 0.236 e. The van der Waals surface area contributed by atoms with Crippen LogP contribution in [0.4, 0.5) is 0 Å². The SMILES string of the molecule is CC(C)CNC(=O)C(C)N[C@H](C)C1CCCCCC1. The molecule has 112 valence electrons. The number of amides is 1. The summed E-state index contributed by atoms with van der Waals surface area (Å²) in [6.45, 7) is 9.22. The molecule has 1 rings (SSSR count). The molecular weight excluding hydrogens is 236 g/mol. The van der Waals surface area contributed by atoms with Crippen LogP contribution in [-0.2, 0) is 4.79 Å². The first kappa shape index (κ1) is 16.5. The number of nitrogens with one attached hydrogen (secondary N) is 2. The topological polar surface area (TPSA) is 41.1 Å². The van der Waals surface area contributed by atoms with Crippen LogP contribution in [0.2, 0.25) is 0 Å². The minimum Gasteiger partial charge on any atom is -0.354 e. The number of carbonyl (C=O) groups excluding carboxylic acids is 1. The van der Waals surface area contributed by atoms with Gasteiger partial charge >= 0.3 is 0 Å². The first-order chi connectivity index (χ1) is 9.00. The van der Waals surface area contributed by atoms with Gasteiger partial charge in [-0.25, -0.2) is 0 Å². The highest BCUT2D eigenvalue weighted by molar-refractivity contribution is 5.81. The van der Waals surface area contributed by atoms with Crippen LogP contribution in [0.1, 0.15) is 66.2 Å². The third-order valence-electron chi connectivity index (χ3n) is 4.20. The highest BCUT2D eigenvalue weighted by atomic mass is 16.2. The largest absolute Gasteiger partial charge is 0.354 e. The number of carbonyl (C=O) groups is 1. The Morgan fingerprint density at radius 1 is 1.05 bits per heavy atom. The average Bonchev–Trinajstić information content (AvgIpc) is 2.64. The Hall–Kier alpha value is -0.570. The molecule has 0 bridgehead atoms. The van der Waals surface area contributed by atoms with Crippen molar-refractivity contribution in [3.8, 4) is 0 Å². The van der Waals surface area contributed by atoms with Crippen molar-refractivity contribution >= 4 is 5.91 Å². The molecule has 3 heteroatoms. The molecule has 0 aliphatic heterocycles. The van der Waals surface area contributed by atoms with Gasteiger partial charge in [0.1, 0.15) is 0 Å². The van der Waals surface area contributed by atoms with Crippen molar-refractivity contribution in [3.63, 3.8) is 0 Å². The lowest BCUT2D eigenvalue weighted by atomic mass is 9.92. The zero-order valence-electron chi connectivity index (χ0n) is 13.2. The molecule has 1 fully saturated rings. The van der Waals surface area contributed by atoms with Crippen LogP contribution >= 0.6 is 0 Å². The molecule has 2 atom stereocenters. The molecule has 1 amide bonds. The number of hydrogen-bond donors (Lipinski definition) is 2. The van der Waals surface area contributed by atoms with Crippen LogP contribution in [0.5, 0.6) is 0 Å². The molecule has 1 unspecified atom stereocenters. The van der Waals surface area contributed by atoms with Crippen LogP contribution in [0, 0.1) is 11.8 Å².